The fourth-order valence-electron chi connectivity index (χ4n) is 5.06. The van der Waals surface area contributed by atoms with Crippen molar-refractivity contribution >= 4 is 33.4 Å². The van der Waals surface area contributed by atoms with Crippen molar-refractivity contribution in [2.24, 2.45) is 0 Å². The van der Waals surface area contributed by atoms with E-state index in [-0.39, 0.29) is 24.0 Å². The Balaban J connectivity index is 1.48. The molecule has 1 N–H and O–H groups in total. The van der Waals surface area contributed by atoms with Gasteiger partial charge in [0, 0.05) is 12.6 Å². The van der Waals surface area contributed by atoms with E-state index in [4.69, 9.17) is 4.74 Å². The summed E-state index contributed by atoms with van der Waals surface area (Å²) >= 11 is 1.62. The van der Waals surface area contributed by atoms with E-state index in [1.165, 1.54) is 0 Å². The number of benzene rings is 1. The minimum absolute atomic E-state index is 0.0646. The average Bonchev–Trinajstić information content (AvgIpc) is 3.51. The maximum absolute atomic E-state index is 13.8. The highest BCUT2D eigenvalue weighted by Crippen LogP contribution is 2.35. The van der Waals surface area contributed by atoms with Gasteiger partial charge >= 0.3 is 0 Å². The molecule has 6 nitrogen and oxygen atoms in total. The molecule has 2 aliphatic rings. The number of nitrogens with zero attached hydrogens (tertiary/aromatic N) is 2. The van der Waals surface area contributed by atoms with Crippen LogP contribution in [0.4, 0.5) is 0 Å². The van der Waals surface area contributed by atoms with Crippen LogP contribution in [-0.2, 0) is 17.9 Å². The summed E-state index contributed by atoms with van der Waals surface area (Å²) in [5, 5.41) is 5.29. The number of amides is 2. The lowest BCUT2D eigenvalue weighted by Gasteiger charge is -2.44. The van der Waals surface area contributed by atoms with Crippen LogP contribution in [0, 0.1) is 0 Å². The van der Waals surface area contributed by atoms with Crippen LogP contribution in [0.15, 0.2) is 41.8 Å². The topological polar surface area (TPSA) is 63.6 Å². The second-order valence-electron chi connectivity index (χ2n) is 9.72. The summed E-state index contributed by atoms with van der Waals surface area (Å²) < 4.78 is 8.86. The fraction of sp³-hybridized carbons (Fsp3) is 0.462. The third-order valence-electron chi connectivity index (χ3n) is 6.86. The van der Waals surface area contributed by atoms with Gasteiger partial charge in [0.05, 0.1) is 22.9 Å². The third-order valence-corrected chi connectivity index (χ3v) is 7.72. The first-order valence-electron chi connectivity index (χ1n) is 11.8. The Morgan fingerprint density at radius 1 is 1.21 bits per heavy atom. The molecular formula is C26H31N3O3S. The lowest BCUT2D eigenvalue weighted by atomic mass is 9.93. The molecule has 5 rings (SSSR count). The number of carbonyl (C=O) groups is 2. The van der Waals surface area contributed by atoms with Crippen molar-refractivity contribution in [2.75, 3.05) is 0 Å². The summed E-state index contributed by atoms with van der Waals surface area (Å²) in [6.07, 6.45) is 4.41. The van der Waals surface area contributed by atoms with Crippen molar-refractivity contribution in [3.63, 3.8) is 0 Å². The fourth-order valence-corrected chi connectivity index (χ4v) is 5.88. The van der Waals surface area contributed by atoms with Crippen LogP contribution in [0.2, 0.25) is 0 Å². The van der Waals surface area contributed by atoms with Crippen molar-refractivity contribution in [3.8, 4) is 5.75 Å². The average molecular weight is 466 g/mol. The largest absolute Gasteiger partial charge is 0.491 e. The van der Waals surface area contributed by atoms with Crippen LogP contribution < -0.4 is 10.1 Å². The predicted octanol–water partition coefficient (Wildman–Crippen LogP) is 4.96. The molecule has 0 saturated heterocycles. The predicted molar refractivity (Wildman–Crippen MR) is 131 cm³/mol. The number of fused-ring (bicyclic) bond motifs is 3. The summed E-state index contributed by atoms with van der Waals surface area (Å²) in [5.41, 5.74) is 1.68. The van der Waals surface area contributed by atoms with Crippen LogP contribution in [0.5, 0.6) is 5.75 Å². The molecule has 0 unspecified atom stereocenters. The van der Waals surface area contributed by atoms with Gasteiger partial charge in [0.25, 0.3) is 5.91 Å². The number of hydrogen-bond acceptors (Lipinski definition) is 4. The minimum Gasteiger partial charge on any atom is -0.491 e. The zero-order chi connectivity index (χ0) is 23.2. The molecule has 7 heteroatoms. The van der Waals surface area contributed by atoms with Gasteiger partial charge < -0.3 is 19.5 Å². The van der Waals surface area contributed by atoms with Gasteiger partial charge in [-0.15, -0.1) is 11.3 Å². The quantitative estimate of drug-likeness (QED) is 0.559. The summed E-state index contributed by atoms with van der Waals surface area (Å²) in [7, 11) is 0. The lowest BCUT2D eigenvalue weighted by Crippen LogP contribution is -2.64. The molecule has 0 bridgehead atoms. The van der Waals surface area contributed by atoms with Crippen LogP contribution in [-0.4, -0.2) is 39.0 Å². The maximum Gasteiger partial charge on any atom is 0.271 e. The van der Waals surface area contributed by atoms with Crippen molar-refractivity contribution < 1.29 is 14.3 Å². The van der Waals surface area contributed by atoms with Crippen LogP contribution >= 0.6 is 11.3 Å². The normalized spacial score (nSPS) is 21.1. The Labute approximate surface area is 198 Å². The number of rotatable bonds is 6. The zero-order valence-corrected chi connectivity index (χ0v) is 20.3. The number of nitrogens with one attached hydrogen (secondary N) is 1. The number of ether oxygens (including phenoxy) is 1. The lowest BCUT2D eigenvalue weighted by molar-refractivity contribution is -0.133. The number of hydrogen-bond donors (Lipinski definition) is 1. The number of thiophene rings is 1. The van der Waals surface area contributed by atoms with Crippen molar-refractivity contribution in [2.45, 2.75) is 77.2 Å². The summed E-state index contributed by atoms with van der Waals surface area (Å²) in [6.45, 7) is 6.71. The molecule has 1 aliphatic heterocycles. The molecule has 0 spiro atoms. The van der Waals surface area contributed by atoms with E-state index in [0.29, 0.717) is 18.8 Å². The van der Waals surface area contributed by atoms with E-state index < -0.39 is 5.54 Å². The molecule has 2 amide bonds. The monoisotopic (exact) mass is 465 g/mol. The molecule has 2 aromatic heterocycles. The first kappa shape index (κ1) is 22.0. The van der Waals surface area contributed by atoms with Crippen LogP contribution in [0.3, 0.4) is 0 Å². The molecule has 1 aliphatic carbocycles. The van der Waals surface area contributed by atoms with E-state index in [1.807, 2.05) is 67.1 Å². The van der Waals surface area contributed by atoms with Gasteiger partial charge in [-0.05, 0) is 68.8 Å². The molecule has 33 heavy (non-hydrogen) atoms. The summed E-state index contributed by atoms with van der Waals surface area (Å²) in [6, 6.07) is 12.0. The van der Waals surface area contributed by atoms with Gasteiger partial charge in [-0.1, -0.05) is 25.0 Å². The molecule has 3 heterocycles. The molecule has 1 aromatic carbocycles. The summed E-state index contributed by atoms with van der Waals surface area (Å²) in [5.74, 6) is 0.635. The van der Waals surface area contributed by atoms with E-state index in [2.05, 4.69) is 5.32 Å². The van der Waals surface area contributed by atoms with Gasteiger partial charge in [0.1, 0.15) is 17.0 Å². The molecule has 174 valence electrons. The Bertz CT molecular complexity index is 1170. The molecule has 1 saturated carbocycles. The highest BCUT2D eigenvalue weighted by atomic mass is 32.1. The van der Waals surface area contributed by atoms with Crippen LogP contribution in [0.1, 0.15) is 62.5 Å². The highest BCUT2D eigenvalue weighted by molar-refractivity contribution is 7.17. The molecular weight excluding hydrogens is 434 g/mol. The Kier molecular flexibility index (Phi) is 5.69. The Morgan fingerprint density at radius 3 is 2.64 bits per heavy atom. The molecule has 1 fully saturated rings. The van der Waals surface area contributed by atoms with Crippen molar-refractivity contribution in [1.29, 1.82) is 0 Å². The van der Waals surface area contributed by atoms with E-state index in [9.17, 15) is 9.59 Å². The number of carbonyl (C=O) groups excluding carboxylic acids is 2. The Hall–Kier alpha value is -2.80. The zero-order valence-electron chi connectivity index (χ0n) is 19.5. The van der Waals surface area contributed by atoms with E-state index in [1.54, 1.807) is 16.2 Å². The van der Waals surface area contributed by atoms with Gasteiger partial charge in [-0.3, -0.25) is 9.59 Å². The molecule has 1 atom stereocenters. The second kappa shape index (κ2) is 8.52. The number of aromatic nitrogens is 1. The molecule has 3 aromatic rings. The summed E-state index contributed by atoms with van der Waals surface area (Å²) in [4.78, 5) is 29.2. The third kappa shape index (κ3) is 4.03. The van der Waals surface area contributed by atoms with E-state index in [0.717, 1.165) is 47.2 Å². The van der Waals surface area contributed by atoms with Crippen molar-refractivity contribution in [1.82, 2.24) is 14.8 Å². The van der Waals surface area contributed by atoms with Gasteiger partial charge in [-0.2, -0.15) is 0 Å². The highest BCUT2D eigenvalue weighted by Gasteiger charge is 2.48. The first-order valence-corrected chi connectivity index (χ1v) is 12.7. The standard InChI is InChI=1S/C26H31N3O3S/c1-17(2)32-20-10-8-18(9-11-20)15-29-24(30)22-14-23-21(12-13-33-23)28(22)16-26(29,3)25(31)27-19-6-4-5-7-19/h8-14,17,19H,4-7,15-16H2,1-3H3,(H,27,31)/t26-/m0/s1. The van der Waals surface area contributed by atoms with Gasteiger partial charge in [0.15, 0.2) is 0 Å². The Morgan fingerprint density at radius 2 is 1.94 bits per heavy atom. The molecule has 0 radical (unpaired) electrons. The van der Waals surface area contributed by atoms with Crippen molar-refractivity contribution in [3.05, 3.63) is 53.0 Å². The van der Waals surface area contributed by atoms with E-state index >= 15 is 0 Å². The smallest absolute Gasteiger partial charge is 0.271 e. The maximum atomic E-state index is 13.8. The SMILES string of the molecule is CC(C)Oc1ccc(CN2C(=O)c3cc4sccc4n3C[C@@]2(C)C(=O)NC2CCCC2)cc1. The van der Waals surface area contributed by atoms with Gasteiger partial charge in [-0.25, -0.2) is 0 Å². The van der Waals surface area contributed by atoms with Gasteiger partial charge in [0.2, 0.25) is 5.91 Å². The first-order chi connectivity index (χ1) is 15.8. The van der Waals surface area contributed by atoms with Crippen LogP contribution in [0.25, 0.3) is 10.2 Å². The minimum atomic E-state index is -0.979. The second-order valence-corrected chi connectivity index (χ2v) is 10.7.